The second-order valence-corrected chi connectivity index (χ2v) is 5.56. The summed E-state index contributed by atoms with van der Waals surface area (Å²) >= 11 is 0. The van der Waals surface area contributed by atoms with Crippen LogP contribution in [0.3, 0.4) is 0 Å². The lowest BCUT2D eigenvalue weighted by Gasteiger charge is -2.23. The van der Waals surface area contributed by atoms with Crippen molar-refractivity contribution >= 4 is 11.8 Å². The number of rotatable bonds is 5. The Hall–Kier alpha value is -1.75. The summed E-state index contributed by atoms with van der Waals surface area (Å²) in [5.74, 6) is -0.632. The lowest BCUT2D eigenvalue weighted by atomic mass is 10.1. The standard InChI is InChI=1S/C16H21FN2O2/c1-4-10(2)19-15(20)9-14(16(19)21)18-11(3)12-6-5-7-13(17)8-12/h5-8,10-11,14,18H,4,9H2,1-3H3. The summed E-state index contributed by atoms with van der Waals surface area (Å²) in [6.07, 6.45) is 0.909. The van der Waals surface area contributed by atoms with Crippen LogP contribution in [0.4, 0.5) is 4.39 Å². The molecule has 21 heavy (non-hydrogen) atoms. The molecule has 1 fully saturated rings. The average Bonchev–Trinajstić information content (AvgIpc) is 2.72. The van der Waals surface area contributed by atoms with Gasteiger partial charge in [0, 0.05) is 12.1 Å². The zero-order valence-corrected chi connectivity index (χ0v) is 12.6. The molecular weight excluding hydrogens is 271 g/mol. The van der Waals surface area contributed by atoms with Crippen LogP contribution in [0.25, 0.3) is 0 Å². The van der Waals surface area contributed by atoms with Gasteiger partial charge in [0.25, 0.3) is 0 Å². The van der Waals surface area contributed by atoms with Gasteiger partial charge in [-0.25, -0.2) is 4.39 Å². The molecule has 1 saturated heterocycles. The van der Waals surface area contributed by atoms with Gasteiger partial charge in [0.05, 0.1) is 12.5 Å². The van der Waals surface area contributed by atoms with Crippen molar-refractivity contribution in [3.8, 4) is 0 Å². The highest BCUT2D eigenvalue weighted by Gasteiger charge is 2.40. The maximum absolute atomic E-state index is 13.2. The third-order valence-electron chi connectivity index (χ3n) is 4.01. The fourth-order valence-electron chi connectivity index (χ4n) is 2.60. The summed E-state index contributed by atoms with van der Waals surface area (Å²) in [6.45, 7) is 5.67. The molecule has 3 unspecified atom stereocenters. The summed E-state index contributed by atoms with van der Waals surface area (Å²) in [6, 6.07) is 5.45. The third kappa shape index (κ3) is 3.29. The number of carbonyl (C=O) groups is 2. The molecule has 1 aromatic rings. The third-order valence-corrected chi connectivity index (χ3v) is 4.01. The number of hydrogen-bond acceptors (Lipinski definition) is 3. The van der Waals surface area contributed by atoms with E-state index in [0.717, 1.165) is 12.0 Å². The number of halogens is 1. The number of likely N-dealkylation sites (tertiary alicyclic amines) is 1. The van der Waals surface area contributed by atoms with Crippen molar-refractivity contribution in [3.63, 3.8) is 0 Å². The number of nitrogens with zero attached hydrogens (tertiary/aromatic N) is 1. The maximum Gasteiger partial charge on any atom is 0.247 e. The molecule has 4 nitrogen and oxygen atoms in total. The van der Waals surface area contributed by atoms with E-state index in [0.29, 0.717) is 0 Å². The van der Waals surface area contributed by atoms with Crippen LogP contribution in [0, 0.1) is 5.82 Å². The first-order chi connectivity index (χ1) is 9.93. The van der Waals surface area contributed by atoms with Crippen molar-refractivity contribution in [2.45, 2.75) is 51.7 Å². The molecule has 5 heteroatoms. The van der Waals surface area contributed by atoms with Crippen LogP contribution in [0.1, 0.15) is 45.2 Å². The van der Waals surface area contributed by atoms with E-state index in [1.807, 2.05) is 20.8 Å². The Labute approximate surface area is 124 Å². The predicted molar refractivity (Wildman–Crippen MR) is 78.0 cm³/mol. The Morgan fingerprint density at radius 1 is 1.38 bits per heavy atom. The molecule has 1 aliphatic rings. The molecule has 114 valence electrons. The van der Waals surface area contributed by atoms with Crippen molar-refractivity contribution in [1.82, 2.24) is 10.2 Å². The van der Waals surface area contributed by atoms with E-state index in [1.165, 1.54) is 17.0 Å². The smallest absolute Gasteiger partial charge is 0.247 e. The molecule has 1 N–H and O–H groups in total. The Morgan fingerprint density at radius 2 is 2.10 bits per heavy atom. The quantitative estimate of drug-likeness (QED) is 0.848. The van der Waals surface area contributed by atoms with Crippen LogP contribution in [0.2, 0.25) is 0 Å². The van der Waals surface area contributed by atoms with E-state index in [9.17, 15) is 14.0 Å². The molecule has 0 radical (unpaired) electrons. The normalized spacial score (nSPS) is 21.7. The highest BCUT2D eigenvalue weighted by Crippen LogP contribution is 2.21. The SMILES string of the molecule is CCC(C)N1C(=O)CC(NC(C)c2cccc(F)c2)C1=O. The zero-order valence-electron chi connectivity index (χ0n) is 12.6. The van der Waals surface area contributed by atoms with Crippen LogP contribution >= 0.6 is 0 Å². The molecule has 0 aromatic heterocycles. The number of nitrogens with one attached hydrogen (secondary N) is 1. The molecule has 1 heterocycles. The Bertz CT molecular complexity index is 547. The molecule has 0 spiro atoms. The van der Waals surface area contributed by atoms with Crippen molar-refractivity contribution in [1.29, 1.82) is 0 Å². The van der Waals surface area contributed by atoms with E-state index in [1.54, 1.807) is 12.1 Å². The van der Waals surface area contributed by atoms with Gasteiger partial charge in [-0.15, -0.1) is 0 Å². The lowest BCUT2D eigenvalue weighted by molar-refractivity contribution is -0.141. The molecule has 1 aliphatic heterocycles. The summed E-state index contributed by atoms with van der Waals surface area (Å²) in [4.78, 5) is 25.6. The first-order valence-electron chi connectivity index (χ1n) is 7.31. The molecular formula is C16H21FN2O2. The first-order valence-corrected chi connectivity index (χ1v) is 7.31. The van der Waals surface area contributed by atoms with Crippen molar-refractivity contribution in [3.05, 3.63) is 35.6 Å². The number of amides is 2. The number of benzene rings is 1. The summed E-state index contributed by atoms with van der Waals surface area (Å²) < 4.78 is 13.2. The summed E-state index contributed by atoms with van der Waals surface area (Å²) in [7, 11) is 0. The summed E-state index contributed by atoms with van der Waals surface area (Å²) in [5, 5.41) is 3.13. The molecule has 3 atom stereocenters. The number of imide groups is 1. The predicted octanol–water partition coefficient (Wildman–Crippen LogP) is 2.40. The van der Waals surface area contributed by atoms with Crippen LogP contribution in [0.5, 0.6) is 0 Å². The maximum atomic E-state index is 13.2. The Balaban J connectivity index is 2.07. The Morgan fingerprint density at radius 3 is 2.71 bits per heavy atom. The van der Waals surface area contributed by atoms with Gasteiger partial charge >= 0.3 is 0 Å². The van der Waals surface area contributed by atoms with Gasteiger partial charge in [-0.1, -0.05) is 19.1 Å². The van der Waals surface area contributed by atoms with Crippen LogP contribution in [-0.4, -0.2) is 28.8 Å². The Kier molecular flexibility index (Phi) is 4.73. The molecule has 2 rings (SSSR count). The summed E-state index contributed by atoms with van der Waals surface area (Å²) in [5.41, 5.74) is 0.761. The van der Waals surface area contributed by atoms with Gasteiger partial charge in [0.2, 0.25) is 11.8 Å². The van der Waals surface area contributed by atoms with Gasteiger partial charge in [-0.2, -0.15) is 0 Å². The lowest BCUT2D eigenvalue weighted by Crippen LogP contribution is -2.43. The minimum Gasteiger partial charge on any atom is -0.299 e. The highest BCUT2D eigenvalue weighted by atomic mass is 19.1. The fraction of sp³-hybridized carbons (Fsp3) is 0.500. The van der Waals surface area contributed by atoms with Crippen molar-refractivity contribution in [2.24, 2.45) is 0 Å². The number of hydrogen-bond donors (Lipinski definition) is 1. The van der Waals surface area contributed by atoms with Crippen molar-refractivity contribution in [2.75, 3.05) is 0 Å². The topological polar surface area (TPSA) is 49.4 Å². The molecule has 0 aliphatic carbocycles. The van der Waals surface area contributed by atoms with E-state index >= 15 is 0 Å². The molecule has 1 aromatic carbocycles. The number of carbonyl (C=O) groups excluding carboxylic acids is 2. The van der Waals surface area contributed by atoms with Gasteiger partial charge in [0.15, 0.2) is 0 Å². The fourth-order valence-corrected chi connectivity index (χ4v) is 2.60. The molecule has 2 amide bonds. The molecule has 0 bridgehead atoms. The highest BCUT2D eigenvalue weighted by molar-refractivity contribution is 6.05. The van der Waals surface area contributed by atoms with Crippen LogP contribution in [-0.2, 0) is 9.59 Å². The van der Waals surface area contributed by atoms with Gasteiger partial charge in [-0.05, 0) is 38.0 Å². The van der Waals surface area contributed by atoms with Gasteiger partial charge < -0.3 is 0 Å². The van der Waals surface area contributed by atoms with Crippen molar-refractivity contribution < 1.29 is 14.0 Å². The van der Waals surface area contributed by atoms with Gasteiger partial charge in [-0.3, -0.25) is 19.8 Å². The van der Waals surface area contributed by atoms with E-state index < -0.39 is 6.04 Å². The van der Waals surface area contributed by atoms with E-state index in [4.69, 9.17) is 0 Å². The van der Waals surface area contributed by atoms with E-state index in [2.05, 4.69) is 5.32 Å². The van der Waals surface area contributed by atoms with Crippen LogP contribution in [0.15, 0.2) is 24.3 Å². The monoisotopic (exact) mass is 292 g/mol. The molecule has 0 saturated carbocycles. The zero-order chi connectivity index (χ0) is 15.6. The average molecular weight is 292 g/mol. The largest absolute Gasteiger partial charge is 0.299 e. The van der Waals surface area contributed by atoms with E-state index in [-0.39, 0.29) is 36.1 Å². The van der Waals surface area contributed by atoms with Crippen LogP contribution < -0.4 is 5.32 Å². The minimum absolute atomic E-state index is 0.0822. The van der Waals surface area contributed by atoms with Gasteiger partial charge in [0.1, 0.15) is 5.82 Å². The minimum atomic E-state index is -0.523. The second-order valence-electron chi connectivity index (χ2n) is 5.56. The first kappa shape index (κ1) is 15.6. The second kappa shape index (κ2) is 6.35.